The van der Waals surface area contributed by atoms with Crippen LogP contribution >= 0.6 is 22.7 Å². The van der Waals surface area contributed by atoms with E-state index in [0.29, 0.717) is 25.2 Å². The number of aryl methyl sites for hydroxylation is 1. The minimum absolute atomic E-state index is 0.157. The van der Waals surface area contributed by atoms with Crippen molar-refractivity contribution >= 4 is 61.3 Å². The van der Waals surface area contributed by atoms with E-state index in [9.17, 15) is 9.59 Å². The number of anilines is 1. The molecule has 5 aromatic rings. The van der Waals surface area contributed by atoms with Crippen molar-refractivity contribution in [2.45, 2.75) is 32.1 Å². The zero-order valence-electron chi connectivity index (χ0n) is 19.8. The van der Waals surface area contributed by atoms with Crippen molar-refractivity contribution in [1.82, 2.24) is 19.9 Å². The number of carbonyl (C=O) groups is 2. The van der Waals surface area contributed by atoms with Crippen LogP contribution in [0.3, 0.4) is 0 Å². The van der Waals surface area contributed by atoms with Gasteiger partial charge >= 0.3 is 0 Å². The summed E-state index contributed by atoms with van der Waals surface area (Å²) in [5.41, 5.74) is 4.13. The molecule has 3 aromatic heterocycles. The number of carbonyl (C=O) groups excluding carboxylic acids is 2. The fraction of sp³-hybridized carbons (Fsp3) is 0.259. The Morgan fingerprint density at radius 1 is 1.14 bits per heavy atom. The standard InChI is InChI=1S/C27H25N5O2S2/c1-16-29-22-13-19(6-7-24(22)36-16)30-26(34)23-15-35-27(31-23)17-8-10-32(11-9-17)25(33)12-18-14-28-21-5-3-2-4-20(18)21/h2-7,13-15,17,28H,8-12H2,1H3,(H,30,34). The number of amides is 2. The van der Waals surface area contributed by atoms with Crippen LogP contribution in [0.5, 0.6) is 0 Å². The SMILES string of the molecule is Cc1nc2cc(NC(=O)c3csc(C4CCN(C(=O)Cc5c[nH]c6ccccc56)CC4)n3)ccc2s1. The Balaban J connectivity index is 1.05. The summed E-state index contributed by atoms with van der Waals surface area (Å²) in [7, 11) is 0. The average Bonchev–Trinajstić information content (AvgIpc) is 3.62. The molecule has 0 unspecified atom stereocenters. The number of para-hydroxylation sites is 1. The Kier molecular flexibility index (Phi) is 6.02. The lowest BCUT2D eigenvalue weighted by molar-refractivity contribution is -0.131. The largest absolute Gasteiger partial charge is 0.361 e. The minimum atomic E-state index is -0.213. The van der Waals surface area contributed by atoms with Gasteiger partial charge < -0.3 is 15.2 Å². The smallest absolute Gasteiger partial charge is 0.275 e. The van der Waals surface area contributed by atoms with Crippen LogP contribution in [0, 0.1) is 6.92 Å². The maximum absolute atomic E-state index is 12.9. The topological polar surface area (TPSA) is 91.0 Å². The second-order valence-electron chi connectivity index (χ2n) is 9.13. The first-order valence-electron chi connectivity index (χ1n) is 12.0. The van der Waals surface area contributed by atoms with Crippen LogP contribution in [0.1, 0.15) is 44.8 Å². The first kappa shape index (κ1) is 22.9. The van der Waals surface area contributed by atoms with Gasteiger partial charge in [0.25, 0.3) is 5.91 Å². The van der Waals surface area contributed by atoms with Crippen molar-refractivity contribution in [2.75, 3.05) is 18.4 Å². The number of hydrogen-bond acceptors (Lipinski definition) is 6. The summed E-state index contributed by atoms with van der Waals surface area (Å²) in [5, 5.41) is 7.85. The van der Waals surface area contributed by atoms with E-state index in [-0.39, 0.29) is 17.7 Å². The molecule has 7 nitrogen and oxygen atoms in total. The lowest BCUT2D eigenvalue weighted by Crippen LogP contribution is -2.38. The second-order valence-corrected chi connectivity index (χ2v) is 11.3. The van der Waals surface area contributed by atoms with E-state index in [2.05, 4.69) is 26.3 Å². The Morgan fingerprint density at radius 3 is 2.83 bits per heavy atom. The van der Waals surface area contributed by atoms with Gasteiger partial charge in [-0.1, -0.05) is 18.2 Å². The maximum Gasteiger partial charge on any atom is 0.275 e. The number of hydrogen-bond donors (Lipinski definition) is 2. The number of H-pyrrole nitrogens is 1. The summed E-state index contributed by atoms with van der Waals surface area (Å²) in [5.74, 6) is 0.211. The molecule has 1 aliphatic rings. The zero-order chi connectivity index (χ0) is 24.6. The Bertz CT molecular complexity index is 1580. The van der Waals surface area contributed by atoms with Gasteiger partial charge in [0.2, 0.25) is 5.91 Å². The van der Waals surface area contributed by atoms with E-state index < -0.39 is 0 Å². The van der Waals surface area contributed by atoms with Crippen LogP contribution in [0.4, 0.5) is 5.69 Å². The van der Waals surface area contributed by atoms with Gasteiger partial charge in [-0.15, -0.1) is 22.7 Å². The fourth-order valence-corrected chi connectivity index (χ4v) is 6.60. The number of aromatic nitrogens is 3. The second kappa shape index (κ2) is 9.48. The Hall–Kier alpha value is -3.56. The monoisotopic (exact) mass is 515 g/mol. The fourth-order valence-electron chi connectivity index (χ4n) is 4.82. The molecule has 4 heterocycles. The van der Waals surface area contributed by atoms with Crippen molar-refractivity contribution in [3.63, 3.8) is 0 Å². The summed E-state index contributed by atoms with van der Waals surface area (Å²) in [6.45, 7) is 3.39. The number of rotatable bonds is 5. The molecule has 36 heavy (non-hydrogen) atoms. The number of piperidine rings is 1. The lowest BCUT2D eigenvalue weighted by atomic mass is 9.97. The van der Waals surface area contributed by atoms with Crippen LogP contribution in [-0.4, -0.2) is 44.8 Å². The first-order chi connectivity index (χ1) is 17.5. The van der Waals surface area contributed by atoms with Gasteiger partial charge in [-0.05, 0) is 49.6 Å². The molecule has 0 aliphatic carbocycles. The van der Waals surface area contributed by atoms with Crippen LogP contribution in [0.25, 0.3) is 21.1 Å². The third kappa shape index (κ3) is 4.52. The highest BCUT2D eigenvalue weighted by molar-refractivity contribution is 7.18. The van der Waals surface area contributed by atoms with Gasteiger partial charge in [0.1, 0.15) is 5.69 Å². The highest BCUT2D eigenvalue weighted by atomic mass is 32.1. The third-order valence-electron chi connectivity index (χ3n) is 6.72. The van der Waals surface area contributed by atoms with Crippen LogP contribution in [0.2, 0.25) is 0 Å². The van der Waals surface area contributed by atoms with Gasteiger partial charge in [-0.2, -0.15) is 0 Å². The maximum atomic E-state index is 12.9. The Morgan fingerprint density at radius 2 is 1.97 bits per heavy atom. The Labute approximate surface area is 216 Å². The highest BCUT2D eigenvalue weighted by Gasteiger charge is 2.27. The summed E-state index contributed by atoms with van der Waals surface area (Å²) in [4.78, 5) is 40.1. The van der Waals surface area contributed by atoms with Crippen molar-refractivity contribution in [1.29, 1.82) is 0 Å². The third-order valence-corrected chi connectivity index (χ3v) is 8.68. The molecule has 0 spiro atoms. The van der Waals surface area contributed by atoms with E-state index >= 15 is 0 Å². The molecular weight excluding hydrogens is 490 g/mol. The van der Waals surface area contributed by atoms with E-state index in [1.807, 2.05) is 59.8 Å². The summed E-state index contributed by atoms with van der Waals surface area (Å²) >= 11 is 3.16. The lowest BCUT2D eigenvalue weighted by Gasteiger charge is -2.31. The van der Waals surface area contributed by atoms with Gasteiger partial charge in [0, 0.05) is 47.2 Å². The zero-order valence-corrected chi connectivity index (χ0v) is 21.4. The van der Waals surface area contributed by atoms with Gasteiger partial charge in [-0.3, -0.25) is 9.59 Å². The normalized spacial score (nSPS) is 14.5. The highest BCUT2D eigenvalue weighted by Crippen LogP contribution is 2.31. The van der Waals surface area contributed by atoms with E-state index in [0.717, 1.165) is 55.2 Å². The van der Waals surface area contributed by atoms with Crippen molar-refractivity contribution in [3.05, 3.63) is 75.3 Å². The molecule has 6 rings (SSSR count). The minimum Gasteiger partial charge on any atom is -0.361 e. The predicted octanol–water partition coefficient (Wildman–Crippen LogP) is 5.74. The summed E-state index contributed by atoms with van der Waals surface area (Å²) < 4.78 is 1.10. The average molecular weight is 516 g/mol. The molecule has 1 saturated heterocycles. The number of nitrogens with zero attached hydrogens (tertiary/aromatic N) is 3. The van der Waals surface area contributed by atoms with Crippen molar-refractivity contribution in [2.24, 2.45) is 0 Å². The molecular formula is C27H25N5O2S2. The molecule has 182 valence electrons. The molecule has 0 radical (unpaired) electrons. The summed E-state index contributed by atoms with van der Waals surface area (Å²) in [6, 6.07) is 13.8. The number of aromatic amines is 1. The molecule has 1 aliphatic heterocycles. The van der Waals surface area contributed by atoms with Gasteiger partial charge in [0.05, 0.1) is 26.7 Å². The van der Waals surface area contributed by atoms with Gasteiger partial charge in [-0.25, -0.2) is 9.97 Å². The molecule has 1 fully saturated rings. The molecule has 9 heteroatoms. The van der Waals surface area contributed by atoms with Gasteiger partial charge in [0.15, 0.2) is 0 Å². The van der Waals surface area contributed by atoms with Crippen LogP contribution < -0.4 is 5.32 Å². The van der Waals surface area contributed by atoms with Crippen LogP contribution in [-0.2, 0) is 11.2 Å². The molecule has 2 N–H and O–H groups in total. The molecule has 2 aromatic carbocycles. The van der Waals surface area contributed by atoms with Crippen molar-refractivity contribution in [3.8, 4) is 0 Å². The van der Waals surface area contributed by atoms with E-state index in [4.69, 9.17) is 0 Å². The molecule has 2 amide bonds. The van der Waals surface area contributed by atoms with Crippen molar-refractivity contribution < 1.29 is 9.59 Å². The number of nitrogens with one attached hydrogen (secondary N) is 2. The number of thiazole rings is 2. The molecule has 0 atom stereocenters. The summed E-state index contributed by atoms with van der Waals surface area (Å²) in [6.07, 6.45) is 4.05. The first-order valence-corrected chi connectivity index (χ1v) is 13.7. The molecule has 0 bridgehead atoms. The number of likely N-dealkylation sites (tertiary alicyclic amines) is 1. The number of fused-ring (bicyclic) bond motifs is 2. The number of benzene rings is 2. The molecule has 0 saturated carbocycles. The van der Waals surface area contributed by atoms with Crippen LogP contribution in [0.15, 0.2) is 54.0 Å². The quantitative estimate of drug-likeness (QED) is 0.312. The van der Waals surface area contributed by atoms with E-state index in [1.165, 1.54) is 11.3 Å². The predicted molar refractivity (Wildman–Crippen MR) is 145 cm³/mol. The van der Waals surface area contributed by atoms with E-state index in [1.54, 1.807) is 11.3 Å².